The van der Waals surface area contributed by atoms with Crippen molar-refractivity contribution in [1.82, 2.24) is 4.90 Å². The lowest BCUT2D eigenvalue weighted by Gasteiger charge is -2.35. The van der Waals surface area contributed by atoms with Gasteiger partial charge in [-0.3, -0.25) is 0 Å². The third-order valence-corrected chi connectivity index (χ3v) is 3.77. The van der Waals surface area contributed by atoms with Gasteiger partial charge in [0.05, 0.1) is 0 Å². The molecule has 0 radical (unpaired) electrons. The van der Waals surface area contributed by atoms with Crippen LogP contribution < -0.4 is 0 Å². The Labute approximate surface area is 69.8 Å². The first-order chi connectivity index (χ1) is 5.31. The summed E-state index contributed by atoms with van der Waals surface area (Å²) in [6.07, 6.45) is 7.29. The summed E-state index contributed by atoms with van der Waals surface area (Å²) in [5.41, 5.74) is 0. The lowest BCUT2D eigenvalue weighted by Crippen LogP contribution is -2.39. The van der Waals surface area contributed by atoms with Crippen LogP contribution in [0.3, 0.4) is 0 Å². The van der Waals surface area contributed by atoms with E-state index >= 15 is 0 Å². The molecule has 3 atom stereocenters. The van der Waals surface area contributed by atoms with E-state index in [1.54, 1.807) is 0 Å². The Bertz CT molecular complexity index is 130. The number of rotatable bonds is 1. The van der Waals surface area contributed by atoms with Crippen molar-refractivity contribution < 1.29 is 0 Å². The number of hydrogen-bond acceptors (Lipinski definition) is 1. The van der Waals surface area contributed by atoms with Crippen LogP contribution in [0.5, 0.6) is 0 Å². The monoisotopic (exact) mass is 153 g/mol. The van der Waals surface area contributed by atoms with Gasteiger partial charge in [0.2, 0.25) is 0 Å². The van der Waals surface area contributed by atoms with Crippen LogP contribution in [0.15, 0.2) is 0 Å². The molecule has 0 aromatic rings. The second kappa shape index (κ2) is 2.78. The summed E-state index contributed by atoms with van der Waals surface area (Å²) < 4.78 is 0. The molecule has 2 rings (SSSR count). The van der Waals surface area contributed by atoms with Crippen LogP contribution in [0.4, 0.5) is 0 Å². The molecule has 64 valence electrons. The molecule has 0 N–H and O–H groups in total. The third-order valence-electron chi connectivity index (χ3n) is 3.77. The zero-order chi connectivity index (χ0) is 7.84. The quantitative estimate of drug-likeness (QED) is 0.558. The Morgan fingerprint density at radius 2 is 1.73 bits per heavy atom. The SMILES string of the molecule is CCC1CC2CC[C@@H](C1)N2C. The van der Waals surface area contributed by atoms with Gasteiger partial charge in [0, 0.05) is 12.1 Å². The van der Waals surface area contributed by atoms with Gasteiger partial charge in [0.1, 0.15) is 0 Å². The molecule has 2 saturated heterocycles. The predicted octanol–water partition coefficient (Wildman–Crippen LogP) is 2.27. The van der Waals surface area contributed by atoms with Crippen molar-refractivity contribution >= 4 is 0 Å². The molecule has 0 amide bonds. The highest BCUT2D eigenvalue weighted by Crippen LogP contribution is 2.38. The predicted molar refractivity (Wildman–Crippen MR) is 47.6 cm³/mol. The maximum absolute atomic E-state index is 2.62. The molecule has 2 bridgehead atoms. The smallest absolute Gasteiger partial charge is 0.00983 e. The third kappa shape index (κ3) is 1.20. The van der Waals surface area contributed by atoms with E-state index in [1.807, 2.05) is 0 Å². The van der Waals surface area contributed by atoms with Gasteiger partial charge in [-0.05, 0) is 38.6 Å². The first-order valence-electron chi connectivity index (χ1n) is 5.03. The van der Waals surface area contributed by atoms with Crippen molar-refractivity contribution in [1.29, 1.82) is 0 Å². The number of nitrogens with zero attached hydrogens (tertiary/aromatic N) is 1. The van der Waals surface area contributed by atoms with Gasteiger partial charge >= 0.3 is 0 Å². The summed E-state index contributed by atoms with van der Waals surface area (Å²) in [4.78, 5) is 2.62. The van der Waals surface area contributed by atoms with E-state index in [4.69, 9.17) is 0 Å². The van der Waals surface area contributed by atoms with Crippen molar-refractivity contribution in [3.63, 3.8) is 0 Å². The Hall–Kier alpha value is -0.0400. The van der Waals surface area contributed by atoms with Gasteiger partial charge in [-0.25, -0.2) is 0 Å². The van der Waals surface area contributed by atoms with Gasteiger partial charge in [-0.1, -0.05) is 13.3 Å². The molecule has 11 heavy (non-hydrogen) atoms. The van der Waals surface area contributed by atoms with Gasteiger partial charge in [-0.15, -0.1) is 0 Å². The average molecular weight is 153 g/mol. The van der Waals surface area contributed by atoms with E-state index in [9.17, 15) is 0 Å². The molecule has 1 heteroatoms. The van der Waals surface area contributed by atoms with E-state index < -0.39 is 0 Å². The van der Waals surface area contributed by atoms with Crippen LogP contribution >= 0.6 is 0 Å². The number of fused-ring (bicyclic) bond motifs is 2. The fourth-order valence-corrected chi connectivity index (χ4v) is 2.86. The van der Waals surface area contributed by atoms with Crippen molar-refractivity contribution in [2.75, 3.05) is 7.05 Å². The highest BCUT2D eigenvalue weighted by molar-refractivity contribution is 4.92. The molecule has 2 fully saturated rings. The highest BCUT2D eigenvalue weighted by atomic mass is 15.2. The van der Waals surface area contributed by atoms with Crippen LogP contribution in [0.1, 0.15) is 39.0 Å². The minimum atomic E-state index is 0.943. The highest BCUT2D eigenvalue weighted by Gasteiger charge is 2.37. The molecular formula is C10H19N. The molecule has 0 aromatic carbocycles. The number of hydrogen-bond donors (Lipinski definition) is 0. The van der Waals surface area contributed by atoms with Gasteiger partial charge in [0.25, 0.3) is 0 Å². The summed E-state index contributed by atoms with van der Waals surface area (Å²) in [6, 6.07) is 1.89. The van der Waals surface area contributed by atoms with E-state index in [0.717, 1.165) is 18.0 Å². The zero-order valence-electron chi connectivity index (χ0n) is 7.71. The molecule has 0 aromatic heterocycles. The minimum Gasteiger partial charge on any atom is -0.300 e. The lowest BCUT2D eigenvalue weighted by atomic mass is 9.89. The first kappa shape index (κ1) is 7.60. The van der Waals surface area contributed by atoms with E-state index in [0.29, 0.717) is 0 Å². The Morgan fingerprint density at radius 1 is 1.18 bits per heavy atom. The summed E-state index contributed by atoms with van der Waals surface area (Å²) >= 11 is 0. The Balaban J connectivity index is 2.02. The maximum Gasteiger partial charge on any atom is 0.00983 e. The topological polar surface area (TPSA) is 3.24 Å². The maximum atomic E-state index is 2.62. The van der Waals surface area contributed by atoms with Crippen LogP contribution in [-0.4, -0.2) is 24.0 Å². The molecule has 2 heterocycles. The lowest BCUT2D eigenvalue weighted by molar-refractivity contribution is 0.132. The van der Waals surface area contributed by atoms with E-state index in [1.165, 1.54) is 32.1 Å². The van der Waals surface area contributed by atoms with Crippen LogP contribution in [0, 0.1) is 5.92 Å². The Morgan fingerprint density at radius 3 is 2.18 bits per heavy atom. The standard InChI is InChI=1S/C10H19N/c1-3-8-6-9-4-5-10(7-8)11(9)2/h8-10H,3-7H2,1-2H3/t8?,9-,10?/m0/s1. The molecule has 0 saturated carbocycles. The normalized spacial score (nSPS) is 44.7. The average Bonchev–Trinajstić information content (AvgIpc) is 2.26. The van der Waals surface area contributed by atoms with Crippen molar-refractivity contribution in [2.24, 2.45) is 5.92 Å². The zero-order valence-corrected chi connectivity index (χ0v) is 7.71. The van der Waals surface area contributed by atoms with Gasteiger partial charge in [-0.2, -0.15) is 0 Å². The summed E-state index contributed by atoms with van der Waals surface area (Å²) in [6.45, 7) is 2.34. The summed E-state index contributed by atoms with van der Waals surface area (Å²) in [5, 5.41) is 0. The van der Waals surface area contributed by atoms with Crippen molar-refractivity contribution in [3.8, 4) is 0 Å². The molecule has 2 aliphatic heterocycles. The molecular weight excluding hydrogens is 134 g/mol. The minimum absolute atomic E-state index is 0.943. The largest absolute Gasteiger partial charge is 0.300 e. The summed E-state index contributed by atoms with van der Waals surface area (Å²) in [5.74, 6) is 1.05. The molecule has 0 spiro atoms. The second-order valence-corrected chi connectivity index (χ2v) is 4.30. The molecule has 2 aliphatic rings. The fraction of sp³-hybridized carbons (Fsp3) is 1.00. The fourth-order valence-electron chi connectivity index (χ4n) is 2.86. The summed E-state index contributed by atoms with van der Waals surface area (Å²) in [7, 11) is 2.31. The second-order valence-electron chi connectivity index (χ2n) is 4.30. The van der Waals surface area contributed by atoms with Crippen LogP contribution in [-0.2, 0) is 0 Å². The first-order valence-corrected chi connectivity index (χ1v) is 5.03. The van der Waals surface area contributed by atoms with E-state index in [2.05, 4.69) is 18.9 Å². The van der Waals surface area contributed by atoms with Crippen molar-refractivity contribution in [3.05, 3.63) is 0 Å². The van der Waals surface area contributed by atoms with Gasteiger partial charge in [0.15, 0.2) is 0 Å². The van der Waals surface area contributed by atoms with Crippen LogP contribution in [0.2, 0.25) is 0 Å². The molecule has 1 nitrogen and oxygen atoms in total. The molecule has 0 aliphatic carbocycles. The van der Waals surface area contributed by atoms with Crippen molar-refractivity contribution in [2.45, 2.75) is 51.1 Å². The number of piperidine rings is 1. The van der Waals surface area contributed by atoms with Gasteiger partial charge < -0.3 is 4.90 Å². The van der Waals surface area contributed by atoms with E-state index in [-0.39, 0.29) is 0 Å². The van der Waals surface area contributed by atoms with Crippen LogP contribution in [0.25, 0.3) is 0 Å². The molecule has 2 unspecified atom stereocenters. The Kier molecular flexibility index (Phi) is 1.92.